The molecule has 0 spiro atoms. The number of fused-ring (bicyclic) bond motifs is 1. The quantitative estimate of drug-likeness (QED) is 0.875. The fraction of sp³-hybridized carbons (Fsp3) is 0.188. The van der Waals surface area contributed by atoms with E-state index in [1.54, 1.807) is 41.3 Å². The zero-order valence-electron chi connectivity index (χ0n) is 10.8. The van der Waals surface area contributed by atoms with Crippen molar-refractivity contribution in [3.63, 3.8) is 0 Å². The maximum atomic E-state index is 12.4. The zero-order chi connectivity index (χ0) is 14.1. The van der Waals surface area contributed by atoms with Crippen molar-refractivity contribution < 1.29 is 9.90 Å². The summed E-state index contributed by atoms with van der Waals surface area (Å²) in [5.74, 6) is 0.236. The monoisotopic (exact) mass is 287 g/mol. The van der Waals surface area contributed by atoms with Crippen molar-refractivity contribution >= 4 is 17.5 Å². The summed E-state index contributed by atoms with van der Waals surface area (Å²) in [6.45, 7) is 1.23. The summed E-state index contributed by atoms with van der Waals surface area (Å²) < 4.78 is 0. The van der Waals surface area contributed by atoms with Gasteiger partial charge in [-0.15, -0.1) is 0 Å². The Hall–Kier alpha value is -2.00. The molecule has 0 saturated heterocycles. The summed E-state index contributed by atoms with van der Waals surface area (Å²) in [4.78, 5) is 14.2. The lowest BCUT2D eigenvalue weighted by Crippen LogP contribution is -2.35. The Morgan fingerprint density at radius 3 is 2.60 bits per heavy atom. The smallest absolute Gasteiger partial charge is 0.254 e. The van der Waals surface area contributed by atoms with Crippen LogP contribution in [0.3, 0.4) is 0 Å². The molecule has 0 radical (unpaired) electrons. The number of rotatable bonds is 1. The number of amides is 1. The van der Waals surface area contributed by atoms with E-state index in [1.165, 1.54) is 5.56 Å². The van der Waals surface area contributed by atoms with Crippen LogP contribution in [0.5, 0.6) is 5.75 Å². The molecule has 4 heteroatoms. The molecule has 0 bridgehead atoms. The van der Waals surface area contributed by atoms with Gasteiger partial charge in [-0.05, 0) is 53.9 Å². The predicted molar refractivity (Wildman–Crippen MR) is 78.0 cm³/mol. The van der Waals surface area contributed by atoms with Crippen molar-refractivity contribution in [1.29, 1.82) is 0 Å². The Bertz CT molecular complexity index is 652. The van der Waals surface area contributed by atoms with Gasteiger partial charge in [0.1, 0.15) is 5.75 Å². The van der Waals surface area contributed by atoms with Gasteiger partial charge in [0.25, 0.3) is 5.91 Å². The minimum absolute atomic E-state index is 0.00402. The fourth-order valence-electron chi connectivity index (χ4n) is 2.49. The van der Waals surface area contributed by atoms with Gasteiger partial charge in [-0.25, -0.2) is 0 Å². The highest BCUT2D eigenvalue weighted by molar-refractivity contribution is 6.30. The van der Waals surface area contributed by atoms with E-state index in [4.69, 9.17) is 11.6 Å². The fourth-order valence-corrected chi connectivity index (χ4v) is 2.62. The van der Waals surface area contributed by atoms with Crippen LogP contribution in [0.4, 0.5) is 0 Å². The molecule has 2 aromatic carbocycles. The average Bonchev–Trinajstić information content (AvgIpc) is 2.46. The van der Waals surface area contributed by atoms with E-state index in [0.29, 0.717) is 23.7 Å². The summed E-state index contributed by atoms with van der Waals surface area (Å²) in [5, 5.41) is 10.2. The molecule has 1 N–H and O–H groups in total. The molecule has 0 atom stereocenters. The standard InChI is InChI=1S/C16H14ClNO2/c17-14-4-1-12(2-5-14)16(20)18-8-7-11-3-6-15(19)9-13(11)10-18/h1-6,9,19H,7-8,10H2. The van der Waals surface area contributed by atoms with Gasteiger partial charge in [0, 0.05) is 23.7 Å². The van der Waals surface area contributed by atoms with Crippen molar-refractivity contribution in [2.75, 3.05) is 6.54 Å². The summed E-state index contributed by atoms with van der Waals surface area (Å²) in [6, 6.07) is 12.3. The predicted octanol–water partition coefficient (Wildman–Crippen LogP) is 3.24. The minimum Gasteiger partial charge on any atom is -0.508 e. The molecule has 0 aromatic heterocycles. The molecule has 20 heavy (non-hydrogen) atoms. The van der Waals surface area contributed by atoms with E-state index in [9.17, 15) is 9.90 Å². The van der Waals surface area contributed by atoms with E-state index in [-0.39, 0.29) is 11.7 Å². The molecule has 3 rings (SSSR count). The second-order valence-electron chi connectivity index (χ2n) is 4.94. The largest absolute Gasteiger partial charge is 0.508 e. The van der Waals surface area contributed by atoms with Gasteiger partial charge in [0.05, 0.1) is 0 Å². The number of nitrogens with zero attached hydrogens (tertiary/aromatic N) is 1. The zero-order valence-corrected chi connectivity index (χ0v) is 11.6. The Kier molecular flexibility index (Phi) is 3.36. The maximum Gasteiger partial charge on any atom is 0.254 e. The summed E-state index contributed by atoms with van der Waals surface area (Å²) >= 11 is 5.83. The lowest BCUT2D eigenvalue weighted by atomic mass is 9.99. The van der Waals surface area contributed by atoms with Crippen LogP contribution in [0, 0.1) is 0 Å². The molecule has 1 aliphatic rings. The Balaban J connectivity index is 1.82. The maximum absolute atomic E-state index is 12.4. The number of carbonyl (C=O) groups excluding carboxylic acids is 1. The lowest BCUT2D eigenvalue weighted by molar-refractivity contribution is 0.0734. The number of phenolic OH excluding ortho intramolecular Hbond substituents is 1. The summed E-state index contributed by atoms with van der Waals surface area (Å²) in [6.07, 6.45) is 0.814. The Labute approximate surface area is 122 Å². The number of hydrogen-bond acceptors (Lipinski definition) is 2. The van der Waals surface area contributed by atoms with Gasteiger partial charge in [0.2, 0.25) is 0 Å². The molecule has 1 amide bonds. The van der Waals surface area contributed by atoms with Gasteiger partial charge >= 0.3 is 0 Å². The van der Waals surface area contributed by atoms with Crippen LogP contribution >= 0.6 is 11.6 Å². The average molecular weight is 288 g/mol. The van der Waals surface area contributed by atoms with Crippen molar-refractivity contribution in [2.24, 2.45) is 0 Å². The van der Waals surface area contributed by atoms with Crippen molar-refractivity contribution in [3.8, 4) is 5.75 Å². The molecule has 2 aromatic rings. The third-order valence-electron chi connectivity index (χ3n) is 3.58. The Morgan fingerprint density at radius 1 is 1.10 bits per heavy atom. The number of carbonyl (C=O) groups is 1. The van der Waals surface area contributed by atoms with E-state index >= 15 is 0 Å². The van der Waals surface area contributed by atoms with Gasteiger partial charge in [-0.2, -0.15) is 0 Å². The van der Waals surface area contributed by atoms with Crippen LogP contribution < -0.4 is 0 Å². The van der Waals surface area contributed by atoms with E-state index in [0.717, 1.165) is 12.0 Å². The van der Waals surface area contributed by atoms with Crippen LogP contribution in [-0.4, -0.2) is 22.5 Å². The number of phenols is 1. The van der Waals surface area contributed by atoms with Crippen molar-refractivity contribution in [1.82, 2.24) is 4.90 Å². The third kappa shape index (κ3) is 2.49. The van der Waals surface area contributed by atoms with E-state index in [1.807, 2.05) is 6.07 Å². The minimum atomic E-state index is -0.00402. The van der Waals surface area contributed by atoms with Crippen LogP contribution in [0.25, 0.3) is 0 Å². The number of halogens is 1. The second kappa shape index (κ2) is 5.17. The van der Waals surface area contributed by atoms with E-state index in [2.05, 4.69) is 0 Å². The van der Waals surface area contributed by atoms with Crippen LogP contribution in [0.2, 0.25) is 5.02 Å². The molecule has 1 heterocycles. The van der Waals surface area contributed by atoms with Crippen LogP contribution in [-0.2, 0) is 13.0 Å². The Morgan fingerprint density at radius 2 is 1.85 bits per heavy atom. The highest BCUT2D eigenvalue weighted by Crippen LogP contribution is 2.24. The molecule has 0 aliphatic carbocycles. The topological polar surface area (TPSA) is 40.5 Å². The highest BCUT2D eigenvalue weighted by Gasteiger charge is 2.21. The highest BCUT2D eigenvalue weighted by atomic mass is 35.5. The number of benzene rings is 2. The lowest BCUT2D eigenvalue weighted by Gasteiger charge is -2.29. The second-order valence-corrected chi connectivity index (χ2v) is 5.37. The molecule has 0 saturated carbocycles. The first kappa shape index (κ1) is 13.0. The molecular formula is C16H14ClNO2. The summed E-state index contributed by atoms with van der Waals surface area (Å²) in [5.41, 5.74) is 2.85. The number of hydrogen-bond donors (Lipinski definition) is 1. The van der Waals surface area contributed by atoms with Gasteiger partial charge in [-0.1, -0.05) is 17.7 Å². The van der Waals surface area contributed by atoms with E-state index < -0.39 is 0 Å². The van der Waals surface area contributed by atoms with Crippen LogP contribution in [0.1, 0.15) is 21.5 Å². The number of aromatic hydroxyl groups is 1. The summed E-state index contributed by atoms with van der Waals surface area (Å²) in [7, 11) is 0. The molecule has 1 aliphatic heterocycles. The van der Waals surface area contributed by atoms with Crippen LogP contribution in [0.15, 0.2) is 42.5 Å². The first-order valence-corrected chi connectivity index (χ1v) is 6.87. The molecule has 0 fully saturated rings. The molecule has 3 nitrogen and oxygen atoms in total. The van der Waals surface area contributed by atoms with Crippen molar-refractivity contribution in [3.05, 3.63) is 64.2 Å². The first-order valence-electron chi connectivity index (χ1n) is 6.49. The van der Waals surface area contributed by atoms with Gasteiger partial charge in [0.15, 0.2) is 0 Å². The van der Waals surface area contributed by atoms with Crippen molar-refractivity contribution in [2.45, 2.75) is 13.0 Å². The molecule has 102 valence electrons. The van der Waals surface area contributed by atoms with Gasteiger partial charge < -0.3 is 10.0 Å². The normalized spacial score (nSPS) is 13.9. The third-order valence-corrected chi connectivity index (χ3v) is 3.83. The molecular weight excluding hydrogens is 274 g/mol. The van der Waals surface area contributed by atoms with Gasteiger partial charge in [-0.3, -0.25) is 4.79 Å². The molecule has 0 unspecified atom stereocenters. The SMILES string of the molecule is O=C(c1ccc(Cl)cc1)N1CCc2ccc(O)cc2C1. The first-order chi connectivity index (χ1) is 9.63.